The molecule has 1 aliphatic rings. The van der Waals surface area contributed by atoms with Gasteiger partial charge in [0.2, 0.25) is 0 Å². The van der Waals surface area contributed by atoms with Gasteiger partial charge in [-0.2, -0.15) is 0 Å². The van der Waals surface area contributed by atoms with E-state index in [0.717, 1.165) is 24.5 Å². The summed E-state index contributed by atoms with van der Waals surface area (Å²) in [5.41, 5.74) is 1.05. The number of hydrogen-bond donors (Lipinski definition) is 1. The first kappa shape index (κ1) is 5.92. The monoisotopic (exact) mass is 138 g/mol. The first-order chi connectivity index (χ1) is 4.84. The fraction of sp³-hybridized carbons (Fsp3) is 0.571. The second kappa shape index (κ2) is 2.09. The summed E-state index contributed by atoms with van der Waals surface area (Å²) < 4.78 is 5.06. The Morgan fingerprint density at radius 2 is 2.70 bits per heavy atom. The van der Waals surface area contributed by atoms with Gasteiger partial charge in [0.05, 0.1) is 18.4 Å². The number of aromatic nitrogens is 2. The van der Waals surface area contributed by atoms with Crippen LogP contribution in [0, 0.1) is 6.92 Å². The average Bonchev–Trinajstić information content (AvgIpc) is 2.59. The van der Waals surface area contributed by atoms with Gasteiger partial charge in [-0.25, -0.2) is 4.98 Å². The molecule has 1 aliphatic heterocycles. The van der Waals surface area contributed by atoms with Crippen molar-refractivity contribution in [2.24, 2.45) is 0 Å². The third kappa shape index (κ3) is 1.19. The molecule has 0 saturated carbocycles. The smallest absolute Gasteiger partial charge is 0.109 e. The molecule has 1 aromatic rings. The van der Waals surface area contributed by atoms with E-state index >= 15 is 0 Å². The molecule has 1 saturated heterocycles. The van der Waals surface area contributed by atoms with Crippen molar-refractivity contribution in [3.05, 3.63) is 17.7 Å². The summed E-state index contributed by atoms with van der Waals surface area (Å²) in [4.78, 5) is 7.34. The van der Waals surface area contributed by atoms with Gasteiger partial charge in [-0.15, -0.1) is 0 Å². The zero-order valence-corrected chi connectivity index (χ0v) is 5.92. The summed E-state index contributed by atoms with van der Waals surface area (Å²) >= 11 is 0. The van der Waals surface area contributed by atoms with Crippen LogP contribution >= 0.6 is 0 Å². The summed E-state index contributed by atoms with van der Waals surface area (Å²) in [7, 11) is 0. The third-order valence-corrected chi connectivity index (χ3v) is 1.58. The van der Waals surface area contributed by atoms with Crippen molar-refractivity contribution in [3.8, 4) is 0 Å². The molecular formula is C7H10N2O. The molecule has 10 heavy (non-hydrogen) atoms. The van der Waals surface area contributed by atoms with E-state index in [1.165, 1.54) is 0 Å². The first-order valence-electron chi connectivity index (χ1n) is 3.47. The number of H-pyrrole nitrogens is 1. The number of nitrogens with zero attached hydrogens (tertiary/aromatic N) is 1. The Labute approximate surface area is 59.4 Å². The van der Waals surface area contributed by atoms with Crippen LogP contribution < -0.4 is 0 Å². The summed E-state index contributed by atoms with van der Waals surface area (Å²) in [6.45, 7) is 2.88. The summed E-state index contributed by atoms with van der Waals surface area (Å²) in [5, 5.41) is 0. The van der Waals surface area contributed by atoms with Crippen molar-refractivity contribution < 1.29 is 4.74 Å². The summed E-state index contributed by atoms with van der Waals surface area (Å²) in [6.07, 6.45) is 3.29. The highest BCUT2D eigenvalue weighted by atomic mass is 16.6. The Bertz CT molecular complexity index is 227. The van der Waals surface area contributed by atoms with Crippen LogP contribution in [0.3, 0.4) is 0 Å². The highest BCUT2D eigenvalue weighted by Crippen LogP contribution is 2.13. The lowest BCUT2D eigenvalue weighted by Gasteiger charge is -1.86. The minimum atomic E-state index is 0.436. The maximum absolute atomic E-state index is 5.06. The standard InChI is InChI=1S/C7H10N2O/c1-5-3-8-7(9-5)2-6-4-10-6/h3,6H,2,4H2,1H3,(H,8,9). The van der Waals surface area contributed by atoms with Crippen LogP contribution in [0.5, 0.6) is 0 Å². The minimum absolute atomic E-state index is 0.436. The molecular weight excluding hydrogens is 128 g/mol. The van der Waals surface area contributed by atoms with Crippen molar-refractivity contribution in [1.29, 1.82) is 0 Å². The summed E-state index contributed by atoms with van der Waals surface area (Å²) in [6, 6.07) is 0. The number of nitrogens with one attached hydrogen (secondary N) is 1. The van der Waals surface area contributed by atoms with Gasteiger partial charge < -0.3 is 9.72 Å². The second-order valence-electron chi connectivity index (χ2n) is 2.65. The zero-order chi connectivity index (χ0) is 6.97. The molecule has 3 nitrogen and oxygen atoms in total. The van der Waals surface area contributed by atoms with Gasteiger partial charge in [-0.1, -0.05) is 0 Å². The van der Waals surface area contributed by atoms with Gasteiger partial charge >= 0.3 is 0 Å². The Morgan fingerprint density at radius 1 is 1.90 bits per heavy atom. The Hall–Kier alpha value is -0.830. The van der Waals surface area contributed by atoms with Gasteiger partial charge in [-0.3, -0.25) is 0 Å². The molecule has 54 valence electrons. The molecule has 1 fully saturated rings. The zero-order valence-electron chi connectivity index (χ0n) is 5.92. The number of ether oxygens (including phenoxy) is 1. The topological polar surface area (TPSA) is 41.2 Å². The van der Waals surface area contributed by atoms with E-state index in [4.69, 9.17) is 4.74 Å². The Morgan fingerprint density at radius 3 is 3.20 bits per heavy atom. The van der Waals surface area contributed by atoms with Crippen molar-refractivity contribution in [2.75, 3.05) is 6.61 Å². The van der Waals surface area contributed by atoms with Crippen LogP contribution in [0.15, 0.2) is 6.20 Å². The minimum Gasteiger partial charge on any atom is -0.373 e. The molecule has 1 unspecified atom stereocenters. The van der Waals surface area contributed by atoms with Crippen LogP contribution in [-0.2, 0) is 11.2 Å². The molecule has 1 N–H and O–H groups in total. The highest BCUT2D eigenvalue weighted by molar-refractivity contribution is 5.00. The van der Waals surface area contributed by atoms with E-state index < -0.39 is 0 Å². The van der Waals surface area contributed by atoms with Crippen LogP contribution in [0.1, 0.15) is 11.5 Å². The normalized spacial score (nSPS) is 23.1. The SMILES string of the molecule is Cc1c[nH]c(CC2CO2)n1. The average molecular weight is 138 g/mol. The van der Waals surface area contributed by atoms with Crippen LogP contribution in [-0.4, -0.2) is 22.7 Å². The van der Waals surface area contributed by atoms with Gasteiger partial charge in [0.1, 0.15) is 5.82 Å². The molecule has 2 rings (SSSR count). The van der Waals surface area contributed by atoms with Crippen molar-refractivity contribution >= 4 is 0 Å². The molecule has 1 atom stereocenters. The van der Waals surface area contributed by atoms with Gasteiger partial charge in [-0.05, 0) is 6.92 Å². The number of imidazole rings is 1. The molecule has 0 spiro atoms. The Balaban J connectivity index is 2.03. The van der Waals surface area contributed by atoms with Crippen LogP contribution in [0.4, 0.5) is 0 Å². The molecule has 0 amide bonds. The van der Waals surface area contributed by atoms with Crippen LogP contribution in [0.2, 0.25) is 0 Å². The second-order valence-corrected chi connectivity index (χ2v) is 2.65. The number of rotatable bonds is 2. The van der Waals surface area contributed by atoms with E-state index in [2.05, 4.69) is 9.97 Å². The van der Waals surface area contributed by atoms with Gasteiger partial charge in [0, 0.05) is 12.6 Å². The predicted molar refractivity (Wildman–Crippen MR) is 36.8 cm³/mol. The quantitative estimate of drug-likeness (QED) is 0.610. The van der Waals surface area contributed by atoms with Gasteiger partial charge in [0.25, 0.3) is 0 Å². The summed E-state index contributed by atoms with van der Waals surface area (Å²) in [5.74, 6) is 1.04. The molecule has 2 heterocycles. The van der Waals surface area contributed by atoms with Crippen LogP contribution in [0.25, 0.3) is 0 Å². The van der Waals surface area contributed by atoms with E-state index in [9.17, 15) is 0 Å². The van der Waals surface area contributed by atoms with Crippen molar-refractivity contribution in [1.82, 2.24) is 9.97 Å². The lowest BCUT2D eigenvalue weighted by molar-refractivity contribution is 0.405. The fourth-order valence-corrected chi connectivity index (χ4v) is 0.971. The van der Waals surface area contributed by atoms with Crippen molar-refractivity contribution in [3.63, 3.8) is 0 Å². The van der Waals surface area contributed by atoms with Gasteiger partial charge in [0.15, 0.2) is 0 Å². The molecule has 0 radical (unpaired) electrons. The molecule has 3 heteroatoms. The van der Waals surface area contributed by atoms with E-state index in [1.54, 1.807) is 0 Å². The molecule has 1 aromatic heterocycles. The molecule has 0 aromatic carbocycles. The first-order valence-corrected chi connectivity index (χ1v) is 3.47. The maximum Gasteiger partial charge on any atom is 0.109 e. The largest absolute Gasteiger partial charge is 0.373 e. The number of hydrogen-bond acceptors (Lipinski definition) is 2. The van der Waals surface area contributed by atoms with Crippen molar-refractivity contribution in [2.45, 2.75) is 19.4 Å². The number of aromatic amines is 1. The maximum atomic E-state index is 5.06. The molecule has 0 bridgehead atoms. The molecule has 0 aliphatic carbocycles. The van der Waals surface area contributed by atoms with E-state index in [0.29, 0.717) is 6.10 Å². The lowest BCUT2D eigenvalue weighted by Crippen LogP contribution is -1.94. The van der Waals surface area contributed by atoms with E-state index in [-0.39, 0.29) is 0 Å². The number of epoxide rings is 1. The Kier molecular flexibility index (Phi) is 1.24. The predicted octanol–water partition coefficient (Wildman–Crippen LogP) is 0.659. The number of aryl methyl sites for hydroxylation is 1. The van der Waals surface area contributed by atoms with E-state index in [1.807, 2.05) is 13.1 Å². The fourth-order valence-electron chi connectivity index (χ4n) is 0.971. The highest BCUT2D eigenvalue weighted by Gasteiger charge is 2.23. The third-order valence-electron chi connectivity index (χ3n) is 1.58. The lowest BCUT2D eigenvalue weighted by atomic mass is 10.3.